The van der Waals surface area contributed by atoms with Crippen molar-refractivity contribution in [1.29, 1.82) is 0 Å². The third-order valence-electron chi connectivity index (χ3n) is 2.85. The van der Waals surface area contributed by atoms with Gasteiger partial charge in [0.15, 0.2) is 5.75 Å². The molecule has 1 aliphatic rings. The molecule has 1 atom stereocenters. The van der Waals surface area contributed by atoms with E-state index in [4.69, 9.17) is 5.11 Å². The van der Waals surface area contributed by atoms with E-state index in [9.17, 15) is 18.0 Å². The van der Waals surface area contributed by atoms with Gasteiger partial charge in [-0.2, -0.15) is 0 Å². The van der Waals surface area contributed by atoms with E-state index in [0.29, 0.717) is 0 Å². The average molecular weight is 275 g/mol. The van der Waals surface area contributed by atoms with E-state index in [0.717, 1.165) is 6.07 Å². The molecule has 1 aromatic carbocycles. The molecule has 4 nitrogen and oxygen atoms in total. The summed E-state index contributed by atoms with van der Waals surface area (Å²) in [6, 6.07) is 5.47. The van der Waals surface area contributed by atoms with Gasteiger partial charge in [-0.1, -0.05) is 12.1 Å². The molecule has 1 N–H and O–H groups in total. The molecular formula is C12H12F3NO3. The molecule has 7 heteroatoms. The van der Waals surface area contributed by atoms with Crippen LogP contribution in [-0.2, 0) is 4.79 Å². The Labute approximate surface area is 107 Å². The highest BCUT2D eigenvalue weighted by Crippen LogP contribution is 2.35. The Morgan fingerprint density at radius 2 is 2.05 bits per heavy atom. The Morgan fingerprint density at radius 3 is 2.63 bits per heavy atom. The van der Waals surface area contributed by atoms with Crippen molar-refractivity contribution in [3.8, 4) is 5.75 Å². The Balaban J connectivity index is 2.27. The lowest BCUT2D eigenvalue weighted by molar-refractivity contribution is -0.274. The number of carbonyl (C=O) groups excluding carboxylic acids is 1. The first-order chi connectivity index (χ1) is 8.90. The van der Waals surface area contributed by atoms with E-state index in [2.05, 4.69) is 4.74 Å². The zero-order chi connectivity index (χ0) is 14.0. The van der Waals surface area contributed by atoms with Crippen LogP contribution >= 0.6 is 0 Å². The van der Waals surface area contributed by atoms with Gasteiger partial charge in [-0.15, -0.1) is 13.2 Å². The minimum Gasteiger partial charge on any atom is -0.404 e. The van der Waals surface area contributed by atoms with Crippen LogP contribution in [0.5, 0.6) is 5.75 Å². The average Bonchev–Trinajstić information content (AvgIpc) is 2.69. The van der Waals surface area contributed by atoms with Crippen LogP contribution in [0.2, 0.25) is 0 Å². The van der Waals surface area contributed by atoms with Crippen LogP contribution in [0.15, 0.2) is 24.3 Å². The molecule has 1 aromatic rings. The fourth-order valence-electron chi connectivity index (χ4n) is 2.03. The topological polar surface area (TPSA) is 49.8 Å². The first kappa shape index (κ1) is 13.7. The summed E-state index contributed by atoms with van der Waals surface area (Å²) >= 11 is 0. The van der Waals surface area contributed by atoms with Crippen molar-refractivity contribution in [3.05, 3.63) is 24.3 Å². The number of benzene rings is 1. The van der Waals surface area contributed by atoms with Crippen molar-refractivity contribution in [2.45, 2.75) is 12.8 Å². The van der Waals surface area contributed by atoms with Crippen molar-refractivity contribution in [2.24, 2.45) is 5.92 Å². The molecule has 0 aromatic heterocycles. The Morgan fingerprint density at radius 1 is 1.37 bits per heavy atom. The number of alkyl halides is 3. The van der Waals surface area contributed by atoms with Gasteiger partial charge < -0.3 is 14.7 Å². The number of halogens is 3. The number of aliphatic hydroxyl groups is 1. The number of carbonyl (C=O) groups is 1. The number of aliphatic hydroxyl groups excluding tert-OH is 1. The van der Waals surface area contributed by atoms with Gasteiger partial charge in [0.1, 0.15) is 0 Å². The molecule has 0 bridgehead atoms. The number of hydrogen-bond acceptors (Lipinski definition) is 3. The van der Waals surface area contributed by atoms with Gasteiger partial charge in [-0.3, -0.25) is 4.79 Å². The van der Waals surface area contributed by atoms with E-state index >= 15 is 0 Å². The van der Waals surface area contributed by atoms with Gasteiger partial charge in [0.2, 0.25) is 5.91 Å². The predicted molar refractivity (Wildman–Crippen MR) is 60.7 cm³/mol. The summed E-state index contributed by atoms with van der Waals surface area (Å²) in [7, 11) is 0. The van der Waals surface area contributed by atoms with E-state index in [1.54, 1.807) is 0 Å². The molecule has 19 heavy (non-hydrogen) atoms. The maximum absolute atomic E-state index is 12.3. The molecule has 0 spiro atoms. The van der Waals surface area contributed by atoms with E-state index in [1.807, 2.05) is 0 Å². The van der Waals surface area contributed by atoms with E-state index in [-0.39, 0.29) is 37.1 Å². The van der Waals surface area contributed by atoms with Crippen molar-refractivity contribution >= 4 is 11.6 Å². The lowest BCUT2D eigenvalue weighted by Crippen LogP contribution is -2.27. The van der Waals surface area contributed by atoms with Gasteiger partial charge in [-0.05, 0) is 12.1 Å². The van der Waals surface area contributed by atoms with Crippen molar-refractivity contribution < 1.29 is 27.8 Å². The second kappa shape index (κ2) is 5.08. The molecule has 0 radical (unpaired) electrons. The molecule has 1 saturated heterocycles. The van der Waals surface area contributed by atoms with Gasteiger partial charge in [0, 0.05) is 25.5 Å². The van der Waals surface area contributed by atoms with Crippen LogP contribution in [0.1, 0.15) is 6.42 Å². The van der Waals surface area contributed by atoms with Crippen molar-refractivity contribution in [2.75, 3.05) is 18.1 Å². The van der Waals surface area contributed by atoms with Gasteiger partial charge in [0.25, 0.3) is 0 Å². The fraction of sp³-hybridized carbons (Fsp3) is 0.417. The molecule has 0 aliphatic carbocycles. The zero-order valence-corrected chi connectivity index (χ0v) is 9.85. The van der Waals surface area contributed by atoms with Crippen molar-refractivity contribution in [1.82, 2.24) is 0 Å². The Kier molecular flexibility index (Phi) is 3.66. The second-order valence-electron chi connectivity index (χ2n) is 4.27. The standard InChI is InChI=1S/C12H12F3NO3/c13-12(14,15)19-10-4-2-1-3-9(10)16-6-8(7-17)5-11(16)18/h1-4,8,17H,5-7H2. The smallest absolute Gasteiger partial charge is 0.404 e. The second-order valence-corrected chi connectivity index (χ2v) is 4.27. The number of anilines is 1. The lowest BCUT2D eigenvalue weighted by atomic mass is 10.1. The highest BCUT2D eigenvalue weighted by molar-refractivity contribution is 5.97. The third-order valence-corrected chi connectivity index (χ3v) is 2.85. The molecule has 104 valence electrons. The molecular weight excluding hydrogens is 263 g/mol. The van der Waals surface area contributed by atoms with Gasteiger partial charge >= 0.3 is 6.36 Å². The summed E-state index contributed by atoms with van der Waals surface area (Å²) in [6.07, 6.45) is -4.69. The number of nitrogens with zero attached hydrogens (tertiary/aromatic N) is 1. The summed E-state index contributed by atoms with van der Waals surface area (Å²) in [5.74, 6) is -0.995. The number of ether oxygens (including phenoxy) is 1. The van der Waals surface area contributed by atoms with Crippen LogP contribution in [0.3, 0.4) is 0 Å². The van der Waals surface area contributed by atoms with Gasteiger partial charge in [0.05, 0.1) is 5.69 Å². The first-order valence-electron chi connectivity index (χ1n) is 5.66. The normalized spacial score (nSPS) is 19.9. The summed E-state index contributed by atoms with van der Waals surface area (Å²) in [4.78, 5) is 13.0. The minimum absolute atomic E-state index is 0.0702. The molecule has 1 fully saturated rings. The summed E-state index contributed by atoms with van der Waals surface area (Å²) < 4.78 is 40.8. The minimum atomic E-state index is -4.81. The van der Waals surface area contributed by atoms with E-state index in [1.165, 1.54) is 23.1 Å². The molecule has 1 amide bonds. The number of amides is 1. The van der Waals surface area contributed by atoms with Gasteiger partial charge in [-0.25, -0.2) is 0 Å². The maximum Gasteiger partial charge on any atom is 0.573 e. The third kappa shape index (κ3) is 3.17. The molecule has 1 heterocycles. The Hall–Kier alpha value is -1.76. The van der Waals surface area contributed by atoms with E-state index < -0.39 is 12.1 Å². The van der Waals surface area contributed by atoms with Crippen LogP contribution in [0.25, 0.3) is 0 Å². The fourth-order valence-corrected chi connectivity index (χ4v) is 2.03. The molecule has 1 aliphatic heterocycles. The number of para-hydroxylation sites is 2. The molecule has 1 unspecified atom stereocenters. The summed E-state index contributed by atoms with van der Waals surface area (Å²) in [5.41, 5.74) is 0.0702. The molecule has 2 rings (SSSR count). The Bertz CT molecular complexity index is 476. The highest BCUT2D eigenvalue weighted by Gasteiger charge is 2.36. The van der Waals surface area contributed by atoms with Crippen LogP contribution in [-0.4, -0.2) is 30.5 Å². The lowest BCUT2D eigenvalue weighted by Gasteiger charge is -2.20. The largest absolute Gasteiger partial charge is 0.573 e. The molecule has 0 saturated carbocycles. The summed E-state index contributed by atoms with van der Waals surface area (Å²) in [5, 5.41) is 9.01. The van der Waals surface area contributed by atoms with Crippen molar-refractivity contribution in [3.63, 3.8) is 0 Å². The summed E-state index contributed by atoms with van der Waals surface area (Å²) in [6.45, 7) is 0.0120. The quantitative estimate of drug-likeness (QED) is 0.917. The predicted octanol–water partition coefficient (Wildman–Crippen LogP) is 1.93. The number of hydrogen-bond donors (Lipinski definition) is 1. The van der Waals surface area contributed by atoms with Crippen LogP contribution in [0.4, 0.5) is 18.9 Å². The monoisotopic (exact) mass is 275 g/mol. The van der Waals surface area contributed by atoms with Crippen LogP contribution < -0.4 is 9.64 Å². The SMILES string of the molecule is O=C1CC(CO)CN1c1ccccc1OC(F)(F)F. The maximum atomic E-state index is 12.3. The van der Waals surface area contributed by atoms with Crippen LogP contribution in [0, 0.1) is 5.92 Å². The zero-order valence-electron chi connectivity index (χ0n) is 9.85. The highest BCUT2D eigenvalue weighted by atomic mass is 19.4. The number of rotatable bonds is 3. The first-order valence-corrected chi connectivity index (χ1v) is 5.66.